The third-order valence-electron chi connectivity index (χ3n) is 4.12. The van der Waals surface area contributed by atoms with Crippen molar-refractivity contribution in [3.05, 3.63) is 78.2 Å². The third-order valence-corrected chi connectivity index (χ3v) is 4.12. The molecular formula is C22H21F2N5O3. The van der Waals surface area contributed by atoms with Gasteiger partial charge in [0, 0.05) is 17.8 Å². The lowest BCUT2D eigenvalue weighted by molar-refractivity contribution is 0.0600. The first-order chi connectivity index (χ1) is 15.4. The molecule has 0 bridgehead atoms. The van der Waals surface area contributed by atoms with Crippen molar-refractivity contribution in [1.29, 1.82) is 0 Å². The number of hydrogen-bond donors (Lipinski definition) is 1. The van der Waals surface area contributed by atoms with Gasteiger partial charge in [-0.15, -0.1) is 5.10 Å². The molecule has 0 aliphatic heterocycles. The number of nitrogens with two attached hydrogens (primary N) is 1. The van der Waals surface area contributed by atoms with Crippen LogP contribution in [0.2, 0.25) is 0 Å². The number of carbonyl (C=O) groups excluding carboxylic acids is 1. The minimum absolute atomic E-state index is 0.0193. The Kier molecular flexibility index (Phi) is 8.46. The number of aromatic nitrogens is 2. The monoisotopic (exact) mass is 441 g/mol. The van der Waals surface area contributed by atoms with Crippen molar-refractivity contribution in [3.63, 3.8) is 0 Å². The molecule has 0 unspecified atom stereocenters. The molecule has 0 radical (unpaired) electrons. The fourth-order valence-corrected chi connectivity index (χ4v) is 2.59. The number of nitrogen functional groups attached to an aromatic ring is 1. The zero-order valence-corrected chi connectivity index (χ0v) is 17.3. The molecule has 0 saturated carbocycles. The van der Waals surface area contributed by atoms with E-state index >= 15 is 0 Å². The maximum Gasteiger partial charge on any atom is 0.337 e. The number of halogens is 2. The van der Waals surface area contributed by atoms with Crippen LogP contribution in [0.15, 0.2) is 71.6 Å². The summed E-state index contributed by atoms with van der Waals surface area (Å²) in [5, 5.41) is 7.24. The largest absolute Gasteiger partial charge is 0.470 e. The van der Waals surface area contributed by atoms with Gasteiger partial charge >= 0.3 is 5.97 Å². The van der Waals surface area contributed by atoms with Gasteiger partial charge in [0.05, 0.1) is 24.6 Å². The number of esters is 1. The molecule has 8 nitrogen and oxygen atoms in total. The molecule has 0 aliphatic carbocycles. The zero-order chi connectivity index (χ0) is 23.7. The van der Waals surface area contributed by atoms with Crippen molar-refractivity contribution < 1.29 is 23.0 Å². The molecule has 0 atom stereocenters. The van der Waals surface area contributed by atoms with Crippen LogP contribution in [-0.2, 0) is 9.47 Å². The smallest absolute Gasteiger partial charge is 0.337 e. The van der Waals surface area contributed by atoms with E-state index in [1.165, 1.54) is 18.3 Å². The van der Waals surface area contributed by atoms with Crippen LogP contribution in [0.3, 0.4) is 0 Å². The van der Waals surface area contributed by atoms with Gasteiger partial charge in [0.1, 0.15) is 6.61 Å². The van der Waals surface area contributed by atoms with Crippen molar-refractivity contribution in [2.75, 3.05) is 19.5 Å². The van der Waals surface area contributed by atoms with Crippen LogP contribution < -0.4 is 5.73 Å². The second kappa shape index (κ2) is 11.3. The first-order valence-corrected chi connectivity index (χ1v) is 9.10. The minimum atomic E-state index is -2.89. The predicted octanol–water partition coefficient (Wildman–Crippen LogP) is 4.13. The molecule has 0 saturated heterocycles. The highest BCUT2D eigenvalue weighted by Gasteiger charge is 2.21. The summed E-state index contributed by atoms with van der Waals surface area (Å²) in [6.45, 7) is 10.6. The quantitative estimate of drug-likeness (QED) is 0.206. The van der Waals surface area contributed by atoms with Crippen LogP contribution in [0.25, 0.3) is 11.3 Å². The van der Waals surface area contributed by atoms with E-state index in [-0.39, 0.29) is 40.8 Å². The molecule has 2 aromatic rings. The fraction of sp³-hybridized carbons (Fsp3) is 0.136. The average molecular weight is 441 g/mol. The number of carbonyl (C=O) groups is 1. The first-order valence-electron chi connectivity index (χ1n) is 9.10. The Morgan fingerprint density at radius 3 is 2.69 bits per heavy atom. The molecule has 0 spiro atoms. The maximum atomic E-state index is 13.7. The highest BCUT2D eigenvalue weighted by Crippen LogP contribution is 2.31. The van der Waals surface area contributed by atoms with Crippen LogP contribution in [0.5, 0.6) is 0 Å². The van der Waals surface area contributed by atoms with E-state index < -0.39 is 18.0 Å². The van der Waals surface area contributed by atoms with E-state index in [4.69, 9.17) is 10.5 Å². The van der Waals surface area contributed by atoms with Gasteiger partial charge in [-0.2, -0.15) is 5.10 Å². The Bertz CT molecular complexity index is 1100. The molecule has 10 heteroatoms. The highest BCUT2D eigenvalue weighted by atomic mass is 19.3. The Morgan fingerprint density at radius 2 is 2.09 bits per heavy atom. The standard InChI is InChI=1S/C22H21F2N5O3/c1-5-7-13(6-2)12-32-21(29-26-3)18-20(25)27-11-17(28-18)15-9-8-14(22(30)31-4)10-16(15)19(23)24/h5-11,19H,1-3,12H2,4H3,(H2,25,27)/b13-7+,29-21-. The summed E-state index contributed by atoms with van der Waals surface area (Å²) in [5.74, 6) is -0.921. The summed E-state index contributed by atoms with van der Waals surface area (Å²) in [4.78, 5) is 20.0. The van der Waals surface area contributed by atoms with Crippen molar-refractivity contribution in [1.82, 2.24) is 9.97 Å². The van der Waals surface area contributed by atoms with Crippen LogP contribution in [-0.4, -0.2) is 42.3 Å². The number of alkyl halides is 2. The third kappa shape index (κ3) is 5.69. The summed E-state index contributed by atoms with van der Waals surface area (Å²) in [6.07, 6.45) is 3.13. The minimum Gasteiger partial charge on any atom is -0.470 e. The predicted molar refractivity (Wildman–Crippen MR) is 119 cm³/mol. The Labute approximate surface area is 183 Å². The van der Waals surface area contributed by atoms with E-state index in [2.05, 4.69) is 44.8 Å². The maximum absolute atomic E-state index is 13.7. The zero-order valence-electron chi connectivity index (χ0n) is 17.3. The van der Waals surface area contributed by atoms with E-state index in [1.54, 1.807) is 18.2 Å². The molecule has 0 aliphatic rings. The first kappa shape index (κ1) is 24.1. The molecule has 2 N–H and O–H groups in total. The number of benzene rings is 1. The fourth-order valence-electron chi connectivity index (χ4n) is 2.59. The van der Waals surface area contributed by atoms with Crippen LogP contribution in [0, 0.1) is 0 Å². The average Bonchev–Trinajstić information content (AvgIpc) is 2.80. The van der Waals surface area contributed by atoms with Crippen LogP contribution in [0.4, 0.5) is 14.6 Å². The molecule has 166 valence electrons. The number of ether oxygens (including phenoxy) is 2. The molecular weight excluding hydrogens is 420 g/mol. The number of allylic oxidation sites excluding steroid dienone is 2. The van der Waals surface area contributed by atoms with Gasteiger partial charge in [0.2, 0.25) is 0 Å². The lowest BCUT2D eigenvalue weighted by Gasteiger charge is -2.13. The van der Waals surface area contributed by atoms with Crippen LogP contribution >= 0.6 is 0 Å². The lowest BCUT2D eigenvalue weighted by atomic mass is 10.0. The Morgan fingerprint density at radius 1 is 1.34 bits per heavy atom. The number of anilines is 1. The number of nitrogens with zero attached hydrogens (tertiary/aromatic N) is 4. The SMILES string of the molecule is C=C/C=C(\C=C)CO/C(=N\N=C)c1nc(-c2ccc(C(=O)OC)cc2C(F)F)cnc1N. The van der Waals surface area contributed by atoms with Crippen molar-refractivity contribution in [2.45, 2.75) is 6.43 Å². The molecule has 1 aromatic carbocycles. The van der Waals surface area contributed by atoms with Gasteiger partial charge in [0.15, 0.2) is 11.5 Å². The molecule has 32 heavy (non-hydrogen) atoms. The normalized spacial score (nSPS) is 11.8. The van der Waals surface area contributed by atoms with Gasteiger partial charge in [-0.05, 0) is 17.7 Å². The Hall–Kier alpha value is -4.21. The number of methoxy groups -OCH3 is 1. The van der Waals surface area contributed by atoms with E-state index in [0.29, 0.717) is 5.57 Å². The second-order valence-corrected chi connectivity index (χ2v) is 6.10. The lowest BCUT2D eigenvalue weighted by Crippen LogP contribution is -2.15. The second-order valence-electron chi connectivity index (χ2n) is 6.10. The summed E-state index contributed by atoms with van der Waals surface area (Å²) in [7, 11) is 1.16. The Balaban J connectivity index is 2.53. The summed E-state index contributed by atoms with van der Waals surface area (Å²) >= 11 is 0. The number of hydrogen-bond acceptors (Lipinski definition) is 8. The molecule has 1 aromatic heterocycles. The van der Waals surface area contributed by atoms with Gasteiger partial charge in [0.25, 0.3) is 12.3 Å². The molecule has 2 rings (SSSR count). The van der Waals surface area contributed by atoms with E-state index in [0.717, 1.165) is 13.2 Å². The van der Waals surface area contributed by atoms with Gasteiger partial charge in [-0.1, -0.05) is 37.5 Å². The molecule has 0 fully saturated rings. The van der Waals surface area contributed by atoms with Gasteiger partial charge in [-0.3, -0.25) is 0 Å². The summed E-state index contributed by atoms with van der Waals surface area (Å²) in [6, 6.07) is 3.71. The van der Waals surface area contributed by atoms with E-state index in [1.807, 2.05) is 0 Å². The topological polar surface area (TPSA) is 112 Å². The van der Waals surface area contributed by atoms with Crippen molar-refractivity contribution in [2.24, 2.45) is 10.2 Å². The highest BCUT2D eigenvalue weighted by molar-refractivity contribution is 5.97. The van der Waals surface area contributed by atoms with Gasteiger partial charge < -0.3 is 15.2 Å². The summed E-state index contributed by atoms with van der Waals surface area (Å²) in [5.41, 5.74) is 6.23. The molecule has 1 heterocycles. The van der Waals surface area contributed by atoms with Gasteiger partial charge in [-0.25, -0.2) is 23.5 Å². The van der Waals surface area contributed by atoms with Crippen molar-refractivity contribution >= 4 is 24.4 Å². The number of rotatable bonds is 9. The van der Waals surface area contributed by atoms with Crippen molar-refractivity contribution in [3.8, 4) is 11.3 Å². The summed E-state index contributed by atoms with van der Waals surface area (Å²) < 4.78 is 37.7. The molecule has 0 amide bonds. The van der Waals surface area contributed by atoms with Crippen LogP contribution in [0.1, 0.15) is 28.0 Å². The van der Waals surface area contributed by atoms with E-state index in [9.17, 15) is 13.6 Å².